The maximum absolute atomic E-state index is 4.23. The summed E-state index contributed by atoms with van der Waals surface area (Å²) in [5, 5.41) is 0. The molecule has 0 heterocycles. The van der Waals surface area contributed by atoms with Gasteiger partial charge in [-0.05, 0) is 12.2 Å². The molecule has 0 aromatic rings. The summed E-state index contributed by atoms with van der Waals surface area (Å²) in [5.74, 6) is 1.07. The SMILES string of the molecule is C.CCCCCCCCCCCCCCCCS. The predicted molar refractivity (Wildman–Crippen MR) is 90.9 cm³/mol. The molecule has 0 unspecified atom stereocenters. The van der Waals surface area contributed by atoms with Gasteiger partial charge in [-0.25, -0.2) is 0 Å². The first-order valence-corrected chi connectivity index (χ1v) is 8.66. The van der Waals surface area contributed by atoms with Crippen molar-refractivity contribution < 1.29 is 0 Å². The average Bonchev–Trinajstić information content (AvgIpc) is 2.35. The molecule has 0 amide bonds. The highest BCUT2D eigenvalue weighted by Crippen LogP contribution is 2.12. The van der Waals surface area contributed by atoms with Gasteiger partial charge in [0.2, 0.25) is 0 Å². The number of hydrogen-bond donors (Lipinski definition) is 1. The molecule has 0 saturated heterocycles. The van der Waals surface area contributed by atoms with Gasteiger partial charge in [-0.1, -0.05) is 97.8 Å². The first-order chi connectivity index (χ1) is 8.41. The molecule has 0 aromatic heterocycles. The first-order valence-electron chi connectivity index (χ1n) is 8.02. The first kappa shape index (κ1) is 20.7. The highest BCUT2D eigenvalue weighted by Gasteiger charge is 1.93. The van der Waals surface area contributed by atoms with Crippen LogP contribution in [0.5, 0.6) is 0 Å². The van der Waals surface area contributed by atoms with Gasteiger partial charge >= 0.3 is 0 Å². The second kappa shape index (κ2) is 19.7. The lowest BCUT2D eigenvalue weighted by Gasteiger charge is -2.02. The van der Waals surface area contributed by atoms with Gasteiger partial charge in [0.15, 0.2) is 0 Å². The minimum Gasteiger partial charge on any atom is -0.179 e. The van der Waals surface area contributed by atoms with Crippen LogP contribution < -0.4 is 0 Å². The Balaban J connectivity index is 0. The lowest BCUT2D eigenvalue weighted by molar-refractivity contribution is 0.538. The average molecular weight is 275 g/mol. The molecule has 1 heteroatoms. The van der Waals surface area contributed by atoms with Crippen molar-refractivity contribution in [2.45, 2.75) is 104 Å². The standard InChI is InChI=1S/C16H34S.CH4/c1-2-3-4-5-6-7-8-9-10-11-12-13-14-15-16-17;/h17H,2-16H2,1H3;1H4. The molecule has 18 heavy (non-hydrogen) atoms. The van der Waals surface area contributed by atoms with Crippen molar-refractivity contribution in [3.8, 4) is 0 Å². The molecule has 0 aromatic carbocycles. The van der Waals surface area contributed by atoms with E-state index in [1.54, 1.807) is 0 Å². The monoisotopic (exact) mass is 274 g/mol. The lowest BCUT2D eigenvalue weighted by atomic mass is 10.0. The largest absolute Gasteiger partial charge is 0.179 e. The van der Waals surface area contributed by atoms with E-state index >= 15 is 0 Å². The topological polar surface area (TPSA) is 0 Å². The number of thiol groups is 1. The minimum atomic E-state index is 0. The van der Waals surface area contributed by atoms with E-state index in [1.165, 1.54) is 89.9 Å². The van der Waals surface area contributed by atoms with Gasteiger partial charge in [-0.15, -0.1) is 0 Å². The van der Waals surface area contributed by atoms with E-state index in [0.717, 1.165) is 5.75 Å². The second-order valence-electron chi connectivity index (χ2n) is 5.32. The van der Waals surface area contributed by atoms with Crippen molar-refractivity contribution in [2.75, 3.05) is 5.75 Å². The minimum absolute atomic E-state index is 0. The zero-order chi connectivity index (χ0) is 12.6. The Morgan fingerprint density at radius 1 is 0.500 bits per heavy atom. The molecule has 0 rings (SSSR count). The zero-order valence-corrected chi connectivity index (χ0v) is 12.9. The Morgan fingerprint density at radius 2 is 0.778 bits per heavy atom. The summed E-state index contributed by atoms with van der Waals surface area (Å²) in [5.41, 5.74) is 0. The van der Waals surface area contributed by atoms with Gasteiger partial charge in [-0.2, -0.15) is 12.6 Å². The van der Waals surface area contributed by atoms with Crippen LogP contribution in [0.3, 0.4) is 0 Å². The maximum Gasteiger partial charge on any atom is -0.00979 e. The van der Waals surface area contributed by atoms with Crippen molar-refractivity contribution in [3.05, 3.63) is 0 Å². The molecule has 0 aliphatic rings. The van der Waals surface area contributed by atoms with E-state index in [9.17, 15) is 0 Å². The summed E-state index contributed by atoms with van der Waals surface area (Å²) in [6.45, 7) is 2.29. The molecule has 0 radical (unpaired) electrons. The summed E-state index contributed by atoms with van der Waals surface area (Å²) in [7, 11) is 0. The van der Waals surface area contributed by atoms with Crippen molar-refractivity contribution in [1.29, 1.82) is 0 Å². The second-order valence-corrected chi connectivity index (χ2v) is 5.77. The molecule has 0 saturated carbocycles. The van der Waals surface area contributed by atoms with Crippen LogP contribution in [-0.4, -0.2) is 5.75 Å². The Hall–Kier alpha value is 0.350. The Morgan fingerprint density at radius 3 is 1.06 bits per heavy atom. The molecule has 0 atom stereocenters. The van der Waals surface area contributed by atoms with E-state index < -0.39 is 0 Å². The van der Waals surface area contributed by atoms with Crippen LogP contribution in [0.1, 0.15) is 104 Å². The Bertz CT molecular complexity index is 109. The maximum atomic E-state index is 4.23. The van der Waals surface area contributed by atoms with E-state index in [4.69, 9.17) is 0 Å². The molecule has 0 nitrogen and oxygen atoms in total. The molecular formula is C17H38S. The number of rotatable bonds is 14. The van der Waals surface area contributed by atoms with Crippen LogP contribution in [0.4, 0.5) is 0 Å². The smallest absolute Gasteiger partial charge is 0.00979 e. The normalized spacial score (nSPS) is 10.3. The van der Waals surface area contributed by atoms with Crippen LogP contribution in [0.25, 0.3) is 0 Å². The van der Waals surface area contributed by atoms with Crippen LogP contribution in [0, 0.1) is 0 Å². The van der Waals surface area contributed by atoms with Gasteiger partial charge in [0.05, 0.1) is 0 Å². The van der Waals surface area contributed by atoms with Crippen LogP contribution in [0.15, 0.2) is 0 Å². The van der Waals surface area contributed by atoms with Crippen molar-refractivity contribution >= 4 is 12.6 Å². The van der Waals surface area contributed by atoms with Gasteiger partial charge in [-0.3, -0.25) is 0 Å². The molecule has 0 bridgehead atoms. The fraction of sp³-hybridized carbons (Fsp3) is 1.00. The molecular weight excluding hydrogens is 236 g/mol. The highest BCUT2D eigenvalue weighted by molar-refractivity contribution is 7.80. The molecule has 0 aliphatic carbocycles. The van der Waals surface area contributed by atoms with E-state index in [-0.39, 0.29) is 7.43 Å². The van der Waals surface area contributed by atoms with Crippen molar-refractivity contribution in [1.82, 2.24) is 0 Å². The quantitative estimate of drug-likeness (QED) is 0.255. The van der Waals surface area contributed by atoms with Crippen molar-refractivity contribution in [2.24, 2.45) is 0 Å². The Labute approximate surface area is 123 Å². The van der Waals surface area contributed by atoms with Crippen LogP contribution in [0.2, 0.25) is 0 Å². The van der Waals surface area contributed by atoms with Gasteiger partial charge in [0.1, 0.15) is 0 Å². The summed E-state index contributed by atoms with van der Waals surface area (Å²) < 4.78 is 0. The lowest BCUT2D eigenvalue weighted by Crippen LogP contribution is -1.83. The number of hydrogen-bond acceptors (Lipinski definition) is 1. The van der Waals surface area contributed by atoms with E-state index in [2.05, 4.69) is 19.6 Å². The van der Waals surface area contributed by atoms with Gasteiger partial charge in [0, 0.05) is 0 Å². The summed E-state index contributed by atoms with van der Waals surface area (Å²) in [6, 6.07) is 0. The van der Waals surface area contributed by atoms with Gasteiger partial charge in [0.25, 0.3) is 0 Å². The summed E-state index contributed by atoms with van der Waals surface area (Å²) in [6.07, 6.45) is 20.1. The predicted octanol–water partition coefficient (Wildman–Crippen LogP) is 7.03. The van der Waals surface area contributed by atoms with E-state index in [1.807, 2.05) is 0 Å². The third-order valence-corrected chi connectivity index (χ3v) is 3.83. The number of unbranched alkanes of at least 4 members (excludes halogenated alkanes) is 13. The van der Waals surface area contributed by atoms with Crippen LogP contribution >= 0.6 is 12.6 Å². The summed E-state index contributed by atoms with van der Waals surface area (Å²) in [4.78, 5) is 0. The zero-order valence-electron chi connectivity index (χ0n) is 12.1. The molecule has 112 valence electrons. The van der Waals surface area contributed by atoms with Gasteiger partial charge < -0.3 is 0 Å². The highest BCUT2D eigenvalue weighted by atomic mass is 32.1. The third kappa shape index (κ3) is 18.7. The van der Waals surface area contributed by atoms with Crippen LogP contribution in [-0.2, 0) is 0 Å². The third-order valence-electron chi connectivity index (χ3n) is 3.51. The summed E-state index contributed by atoms with van der Waals surface area (Å²) >= 11 is 4.23. The Kier molecular flexibility index (Phi) is 22.6. The fourth-order valence-electron chi connectivity index (χ4n) is 2.31. The molecule has 0 spiro atoms. The molecule has 0 fully saturated rings. The molecule has 0 N–H and O–H groups in total. The van der Waals surface area contributed by atoms with E-state index in [0.29, 0.717) is 0 Å². The molecule has 0 aliphatic heterocycles. The fourth-order valence-corrected chi connectivity index (χ4v) is 2.53. The van der Waals surface area contributed by atoms with Crippen molar-refractivity contribution in [3.63, 3.8) is 0 Å².